The molecular formula is C16H21ClN4OS. The van der Waals surface area contributed by atoms with Crippen molar-refractivity contribution in [3.63, 3.8) is 0 Å². The average Bonchev–Trinajstić information content (AvgIpc) is 2.40. The third kappa shape index (κ3) is 3.43. The minimum atomic E-state index is -2.06. The summed E-state index contributed by atoms with van der Waals surface area (Å²) in [4.78, 5) is 11.0. The Morgan fingerprint density at radius 1 is 1.26 bits per heavy atom. The van der Waals surface area contributed by atoms with Gasteiger partial charge in [-0.3, -0.25) is 4.21 Å². The molecule has 0 aliphatic carbocycles. The van der Waals surface area contributed by atoms with Crippen LogP contribution in [0.2, 0.25) is 5.15 Å². The number of nitrogens with zero attached hydrogens (tertiary/aromatic N) is 4. The molecule has 0 N–H and O–H groups in total. The molecule has 124 valence electrons. The average molecular weight is 353 g/mol. The Balaban J connectivity index is 1.98. The van der Waals surface area contributed by atoms with E-state index in [1.165, 1.54) is 5.56 Å². The zero-order valence-electron chi connectivity index (χ0n) is 13.8. The molecule has 23 heavy (non-hydrogen) atoms. The van der Waals surface area contributed by atoms with Gasteiger partial charge in [0, 0.05) is 53.1 Å². The van der Waals surface area contributed by atoms with Gasteiger partial charge in [0.1, 0.15) is 11.0 Å². The van der Waals surface area contributed by atoms with Crippen molar-refractivity contribution in [2.45, 2.75) is 25.8 Å². The smallest absolute Gasteiger partial charge is 0.138 e. The summed E-state index contributed by atoms with van der Waals surface area (Å²) in [5, 5.41) is 2.60. The number of hydrogen-bond donors (Lipinski definition) is 0. The topological polar surface area (TPSA) is 58.5 Å². The van der Waals surface area contributed by atoms with Gasteiger partial charge in [0.25, 0.3) is 0 Å². The van der Waals surface area contributed by atoms with E-state index in [-0.39, 0.29) is 6.04 Å². The highest BCUT2D eigenvalue weighted by Crippen LogP contribution is 2.34. The van der Waals surface area contributed by atoms with Crippen LogP contribution < -0.4 is 4.90 Å². The zero-order chi connectivity index (χ0) is 16.8. The first-order valence-electron chi connectivity index (χ1n) is 7.60. The molecule has 3 heterocycles. The molecule has 2 aromatic rings. The SMILES string of the molecule is CC(C)c1cnc(N2CC(N=S(C)(C)=O)C2)c2cnc(Cl)cc12. The number of hydrogen-bond acceptors (Lipinski definition) is 5. The molecule has 3 rings (SSSR count). The number of aromatic nitrogens is 2. The predicted octanol–water partition coefficient (Wildman–Crippen LogP) is 3.32. The first-order chi connectivity index (χ1) is 10.7. The molecule has 0 atom stereocenters. The van der Waals surface area contributed by atoms with Crippen molar-refractivity contribution in [1.82, 2.24) is 9.97 Å². The van der Waals surface area contributed by atoms with Gasteiger partial charge in [0.2, 0.25) is 0 Å². The quantitative estimate of drug-likeness (QED) is 0.795. The summed E-state index contributed by atoms with van der Waals surface area (Å²) >= 11 is 6.08. The molecule has 1 aliphatic rings. The molecule has 0 aromatic carbocycles. The number of halogens is 1. The fraction of sp³-hybridized carbons (Fsp3) is 0.500. The Morgan fingerprint density at radius 2 is 1.96 bits per heavy atom. The van der Waals surface area contributed by atoms with Gasteiger partial charge in [0.15, 0.2) is 0 Å². The predicted molar refractivity (Wildman–Crippen MR) is 97.1 cm³/mol. The molecule has 1 saturated heterocycles. The van der Waals surface area contributed by atoms with Gasteiger partial charge in [-0.2, -0.15) is 0 Å². The molecule has 2 aromatic heterocycles. The van der Waals surface area contributed by atoms with E-state index in [9.17, 15) is 4.21 Å². The lowest BCUT2D eigenvalue weighted by molar-refractivity contribution is 0.520. The zero-order valence-corrected chi connectivity index (χ0v) is 15.4. The molecule has 0 amide bonds. The molecule has 7 heteroatoms. The summed E-state index contributed by atoms with van der Waals surface area (Å²) in [5.74, 6) is 1.26. The van der Waals surface area contributed by atoms with Crippen molar-refractivity contribution in [1.29, 1.82) is 0 Å². The third-order valence-corrected chi connectivity index (χ3v) is 4.95. The Kier molecular flexibility index (Phi) is 4.23. The van der Waals surface area contributed by atoms with E-state index in [1.807, 2.05) is 12.3 Å². The lowest BCUT2D eigenvalue weighted by Gasteiger charge is -2.38. The van der Waals surface area contributed by atoms with Gasteiger partial charge in [-0.1, -0.05) is 25.4 Å². The first-order valence-corrected chi connectivity index (χ1v) is 10.3. The second kappa shape index (κ2) is 5.91. The summed E-state index contributed by atoms with van der Waals surface area (Å²) < 4.78 is 16.1. The number of rotatable bonds is 3. The standard InChI is InChI=1S/C16H21ClN4OS/c1-10(2)13-6-19-16(14-7-18-15(17)5-12(13)14)21-8-11(9-21)20-23(3,4)22/h5-7,10-11H,8-9H2,1-4H3. The van der Waals surface area contributed by atoms with E-state index < -0.39 is 9.73 Å². The van der Waals surface area contributed by atoms with Crippen molar-refractivity contribution < 1.29 is 4.21 Å². The Morgan fingerprint density at radius 3 is 2.57 bits per heavy atom. The van der Waals surface area contributed by atoms with Gasteiger partial charge in [0.05, 0.1) is 6.04 Å². The van der Waals surface area contributed by atoms with Crippen LogP contribution in [-0.2, 0) is 9.73 Å². The fourth-order valence-corrected chi connectivity index (χ4v) is 3.89. The summed E-state index contributed by atoms with van der Waals surface area (Å²) in [5.41, 5.74) is 1.17. The minimum Gasteiger partial charge on any atom is -0.352 e. The summed E-state index contributed by atoms with van der Waals surface area (Å²) in [7, 11) is -2.06. The Bertz CT molecular complexity index is 860. The summed E-state index contributed by atoms with van der Waals surface area (Å²) in [6.07, 6.45) is 7.06. The van der Waals surface area contributed by atoms with Crippen LogP contribution in [0.25, 0.3) is 10.8 Å². The summed E-state index contributed by atoms with van der Waals surface area (Å²) in [6.45, 7) is 5.76. The van der Waals surface area contributed by atoms with Crippen LogP contribution >= 0.6 is 11.6 Å². The second-order valence-electron chi connectivity index (χ2n) is 6.59. The molecule has 0 radical (unpaired) electrons. The van der Waals surface area contributed by atoms with Crippen molar-refractivity contribution in [3.8, 4) is 0 Å². The molecule has 0 spiro atoms. The van der Waals surface area contributed by atoms with Crippen LogP contribution in [0.3, 0.4) is 0 Å². The van der Waals surface area contributed by atoms with Crippen molar-refractivity contribution >= 4 is 37.9 Å². The van der Waals surface area contributed by atoms with Crippen LogP contribution in [0.4, 0.5) is 5.82 Å². The maximum atomic E-state index is 11.8. The van der Waals surface area contributed by atoms with Crippen LogP contribution in [0, 0.1) is 0 Å². The first kappa shape index (κ1) is 16.5. The van der Waals surface area contributed by atoms with Crippen LogP contribution in [0.5, 0.6) is 0 Å². The molecule has 1 fully saturated rings. The van der Waals surface area contributed by atoms with E-state index in [4.69, 9.17) is 11.6 Å². The lowest BCUT2D eigenvalue weighted by atomic mass is 9.98. The molecule has 5 nitrogen and oxygen atoms in total. The van der Waals surface area contributed by atoms with Crippen LogP contribution in [0.15, 0.2) is 22.8 Å². The van der Waals surface area contributed by atoms with Crippen molar-refractivity contribution in [2.75, 3.05) is 30.5 Å². The van der Waals surface area contributed by atoms with E-state index in [0.29, 0.717) is 11.1 Å². The van der Waals surface area contributed by atoms with E-state index in [0.717, 1.165) is 29.7 Å². The lowest BCUT2D eigenvalue weighted by Crippen LogP contribution is -2.50. The highest BCUT2D eigenvalue weighted by atomic mass is 35.5. The molecular weight excluding hydrogens is 332 g/mol. The molecule has 1 aliphatic heterocycles. The minimum absolute atomic E-state index is 0.111. The molecule has 0 bridgehead atoms. The van der Waals surface area contributed by atoms with E-state index >= 15 is 0 Å². The Hall–Kier alpha value is -1.40. The number of fused-ring (bicyclic) bond motifs is 1. The van der Waals surface area contributed by atoms with Crippen molar-refractivity contribution in [2.24, 2.45) is 4.36 Å². The number of anilines is 1. The van der Waals surface area contributed by atoms with Gasteiger partial charge < -0.3 is 4.90 Å². The van der Waals surface area contributed by atoms with Gasteiger partial charge in [-0.05, 0) is 22.9 Å². The summed E-state index contributed by atoms with van der Waals surface area (Å²) in [6, 6.07) is 2.02. The Labute approximate surface area is 142 Å². The van der Waals surface area contributed by atoms with Gasteiger partial charge in [-0.25, -0.2) is 14.3 Å². The third-order valence-electron chi connectivity index (χ3n) is 3.94. The highest BCUT2D eigenvalue weighted by molar-refractivity contribution is 7.92. The molecule has 0 saturated carbocycles. The van der Waals surface area contributed by atoms with E-state index in [2.05, 4.69) is 33.1 Å². The second-order valence-corrected chi connectivity index (χ2v) is 9.55. The van der Waals surface area contributed by atoms with Gasteiger partial charge >= 0.3 is 0 Å². The van der Waals surface area contributed by atoms with E-state index in [1.54, 1.807) is 18.7 Å². The number of pyridine rings is 2. The van der Waals surface area contributed by atoms with Crippen LogP contribution in [0.1, 0.15) is 25.3 Å². The monoisotopic (exact) mass is 352 g/mol. The maximum absolute atomic E-state index is 11.8. The van der Waals surface area contributed by atoms with Crippen molar-refractivity contribution in [3.05, 3.63) is 29.2 Å². The fourth-order valence-electron chi connectivity index (χ4n) is 2.88. The largest absolute Gasteiger partial charge is 0.352 e. The van der Waals surface area contributed by atoms with Gasteiger partial charge in [-0.15, -0.1) is 0 Å². The van der Waals surface area contributed by atoms with Crippen LogP contribution in [-0.4, -0.2) is 45.8 Å². The highest BCUT2D eigenvalue weighted by Gasteiger charge is 2.29. The normalized spacial score (nSPS) is 16.0. The maximum Gasteiger partial charge on any atom is 0.138 e. The molecule has 0 unspecified atom stereocenters.